The number of nitrogens with one attached hydrogen (secondary N) is 2. The molecule has 0 aromatic carbocycles. The molecule has 108 valence electrons. The van der Waals surface area contributed by atoms with Crippen LogP contribution in [0, 0.1) is 11.3 Å². The number of hydrogen-bond donors (Lipinski definition) is 2. The first-order valence-electron chi connectivity index (χ1n) is 7.00. The molecule has 0 aliphatic heterocycles. The van der Waals surface area contributed by atoms with Gasteiger partial charge in [0.1, 0.15) is 5.60 Å². The lowest BCUT2D eigenvalue weighted by Gasteiger charge is -2.31. The molecule has 1 amide bonds. The van der Waals surface area contributed by atoms with Gasteiger partial charge >= 0.3 is 6.09 Å². The zero-order valence-corrected chi connectivity index (χ0v) is 12.2. The summed E-state index contributed by atoms with van der Waals surface area (Å²) in [7, 11) is 0. The van der Waals surface area contributed by atoms with E-state index in [1.807, 2.05) is 20.8 Å². The highest BCUT2D eigenvalue weighted by Gasteiger charge is 2.25. The SMILES string of the molecule is CC(C)(C)OC(=O)NC1CCCC(NCCC#N)C1. The minimum atomic E-state index is -0.455. The Morgan fingerprint density at radius 1 is 1.37 bits per heavy atom. The predicted octanol–water partition coefficient (Wildman–Crippen LogP) is 2.33. The zero-order chi connectivity index (χ0) is 14.3. The Kier molecular flexibility index (Phi) is 6.10. The number of amides is 1. The predicted molar refractivity (Wildman–Crippen MR) is 73.6 cm³/mol. The molecule has 19 heavy (non-hydrogen) atoms. The van der Waals surface area contributed by atoms with Crippen LogP contribution in [0.1, 0.15) is 52.9 Å². The first-order chi connectivity index (χ1) is 8.90. The Bertz CT molecular complexity index is 331. The van der Waals surface area contributed by atoms with Gasteiger partial charge in [-0.1, -0.05) is 0 Å². The molecule has 1 aliphatic carbocycles. The molecule has 2 unspecified atom stereocenters. The summed E-state index contributed by atoms with van der Waals surface area (Å²) in [6.45, 7) is 6.30. The molecular formula is C14H25N3O2. The minimum absolute atomic E-state index is 0.170. The molecule has 0 saturated heterocycles. The molecule has 1 aliphatic rings. The molecule has 0 aromatic heterocycles. The summed E-state index contributed by atoms with van der Waals surface area (Å²) in [4.78, 5) is 11.7. The Balaban J connectivity index is 2.30. The minimum Gasteiger partial charge on any atom is -0.444 e. The van der Waals surface area contributed by atoms with Gasteiger partial charge in [0.25, 0.3) is 0 Å². The van der Waals surface area contributed by atoms with E-state index in [9.17, 15) is 4.79 Å². The largest absolute Gasteiger partial charge is 0.444 e. The van der Waals surface area contributed by atoms with E-state index in [0.29, 0.717) is 12.5 Å². The lowest BCUT2D eigenvalue weighted by atomic mass is 9.91. The van der Waals surface area contributed by atoms with Gasteiger partial charge in [0, 0.05) is 25.0 Å². The van der Waals surface area contributed by atoms with Gasteiger partial charge in [-0.15, -0.1) is 0 Å². The van der Waals surface area contributed by atoms with Crippen molar-refractivity contribution in [3.8, 4) is 6.07 Å². The normalized spacial score (nSPS) is 23.5. The number of alkyl carbamates (subject to hydrolysis) is 1. The smallest absolute Gasteiger partial charge is 0.407 e. The van der Waals surface area contributed by atoms with Crippen molar-refractivity contribution in [3.05, 3.63) is 0 Å². The lowest BCUT2D eigenvalue weighted by molar-refractivity contribution is 0.0489. The van der Waals surface area contributed by atoms with E-state index in [4.69, 9.17) is 10.00 Å². The van der Waals surface area contributed by atoms with E-state index in [1.54, 1.807) is 0 Å². The quantitative estimate of drug-likeness (QED) is 0.767. The average molecular weight is 267 g/mol. The Morgan fingerprint density at radius 2 is 2.05 bits per heavy atom. The van der Waals surface area contributed by atoms with Gasteiger partial charge in [0.15, 0.2) is 0 Å². The zero-order valence-electron chi connectivity index (χ0n) is 12.2. The number of hydrogen-bond acceptors (Lipinski definition) is 4. The summed E-state index contributed by atoms with van der Waals surface area (Å²) in [5.41, 5.74) is -0.455. The fourth-order valence-corrected chi connectivity index (χ4v) is 2.31. The summed E-state index contributed by atoms with van der Waals surface area (Å²) < 4.78 is 5.26. The maximum atomic E-state index is 11.7. The van der Waals surface area contributed by atoms with Crippen LogP contribution in [0.15, 0.2) is 0 Å². The number of nitriles is 1. The van der Waals surface area contributed by atoms with E-state index in [-0.39, 0.29) is 12.1 Å². The van der Waals surface area contributed by atoms with Crippen molar-refractivity contribution in [2.24, 2.45) is 0 Å². The number of ether oxygens (including phenoxy) is 1. The number of carbonyl (C=O) groups excluding carboxylic acids is 1. The van der Waals surface area contributed by atoms with Crippen LogP contribution in [0.25, 0.3) is 0 Å². The van der Waals surface area contributed by atoms with Crippen molar-refractivity contribution < 1.29 is 9.53 Å². The van der Waals surface area contributed by atoms with E-state index in [1.165, 1.54) is 0 Å². The summed E-state index contributed by atoms with van der Waals surface area (Å²) in [5.74, 6) is 0. The van der Waals surface area contributed by atoms with Gasteiger partial charge in [0.05, 0.1) is 6.07 Å². The van der Waals surface area contributed by atoms with Crippen LogP contribution in [0.5, 0.6) is 0 Å². The third-order valence-corrected chi connectivity index (χ3v) is 3.06. The van der Waals surface area contributed by atoms with Crippen LogP contribution in [-0.4, -0.2) is 30.3 Å². The summed E-state index contributed by atoms with van der Waals surface area (Å²) in [6, 6.07) is 2.68. The van der Waals surface area contributed by atoms with Crippen LogP contribution >= 0.6 is 0 Å². The average Bonchev–Trinajstić information content (AvgIpc) is 2.27. The molecule has 0 spiro atoms. The lowest BCUT2D eigenvalue weighted by Crippen LogP contribution is -2.45. The molecular weight excluding hydrogens is 242 g/mol. The van der Waals surface area contributed by atoms with Gasteiger partial charge in [-0.25, -0.2) is 4.79 Å². The molecule has 0 bridgehead atoms. The Morgan fingerprint density at radius 3 is 2.68 bits per heavy atom. The van der Waals surface area contributed by atoms with Crippen LogP contribution < -0.4 is 10.6 Å². The fourth-order valence-electron chi connectivity index (χ4n) is 2.31. The van der Waals surface area contributed by atoms with Gasteiger partial charge in [-0.05, 0) is 46.5 Å². The maximum absolute atomic E-state index is 11.7. The van der Waals surface area contributed by atoms with Crippen molar-refractivity contribution in [2.75, 3.05) is 6.54 Å². The summed E-state index contributed by atoms with van der Waals surface area (Å²) >= 11 is 0. The monoisotopic (exact) mass is 267 g/mol. The molecule has 0 heterocycles. The second kappa shape index (κ2) is 7.34. The Labute approximate surface area is 115 Å². The first kappa shape index (κ1) is 15.8. The van der Waals surface area contributed by atoms with Crippen molar-refractivity contribution in [1.82, 2.24) is 10.6 Å². The van der Waals surface area contributed by atoms with Gasteiger partial charge in [0.2, 0.25) is 0 Å². The van der Waals surface area contributed by atoms with E-state index in [2.05, 4.69) is 16.7 Å². The second-order valence-electron chi connectivity index (χ2n) is 6.07. The highest BCUT2D eigenvalue weighted by Crippen LogP contribution is 2.19. The van der Waals surface area contributed by atoms with Crippen LogP contribution in [-0.2, 0) is 4.74 Å². The van der Waals surface area contributed by atoms with Gasteiger partial charge < -0.3 is 15.4 Å². The molecule has 1 rings (SSSR count). The molecule has 5 heteroatoms. The van der Waals surface area contributed by atoms with E-state index >= 15 is 0 Å². The maximum Gasteiger partial charge on any atom is 0.407 e. The van der Waals surface area contributed by atoms with Crippen molar-refractivity contribution in [2.45, 2.75) is 70.6 Å². The van der Waals surface area contributed by atoms with Crippen molar-refractivity contribution in [1.29, 1.82) is 5.26 Å². The third-order valence-electron chi connectivity index (χ3n) is 3.06. The summed E-state index contributed by atoms with van der Waals surface area (Å²) in [6.07, 6.45) is 4.29. The van der Waals surface area contributed by atoms with E-state index in [0.717, 1.165) is 32.2 Å². The number of rotatable bonds is 4. The van der Waals surface area contributed by atoms with Gasteiger partial charge in [-0.3, -0.25) is 0 Å². The van der Waals surface area contributed by atoms with Crippen molar-refractivity contribution in [3.63, 3.8) is 0 Å². The molecule has 2 atom stereocenters. The van der Waals surface area contributed by atoms with Crippen LogP contribution in [0.4, 0.5) is 4.79 Å². The highest BCUT2D eigenvalue weighted by atomic mass is 16.6. The first-order valence-corrected chi connectivity index (χ1v) is 7.00. The third kappa shape index (κ3) is 7.02. The van der Waals surface area contributed by atoms with Crippen molar-refractivity contribution >= 4 is 6.09 Å². The highest BCUT2D eigenvalue weighted by molar-refractivity contribution is 5.68. The molecule has 2 N–H and O–H groups in total. The topological polar surface area (TPSA) is 74.2 Å². The fraction of sp³-hybridized carbons (Fsp3) is 0.857. The summed E-state index contributed by atoms with van der Waals surface area (Å²) in [5, 5.41) is 14.8. The molecule has 0 radical (unpaired) electrons. The van der Waals surface area contributed by atoms with Crippen LogP contribution in [0.2, 0.25) is 0 Å². The molecule has 1 fully saturated rings. The number of carbonyl (C=O) groups is 1. The molecule has 5 nitrogen and oxygen atoms in total. The molecule has 1 saturated carbocycles. The van der Waals surface area contributed by atoms with Gasteiger partial charge in [-0.2, -0.15) is 5.26 Å². The second-order valence-corrected chi connectivity index (χ2v) is 6.07. The standard InChI is InChI=1S/C14H25N3O2/c1-14(2,3)19-13(18)17-12-7-4-6-11(10-12)16-9-5-8-15/h11-12,16H,4-7,9-10H2,1-3H3,(H,17,18). The number of nitrogens with zero attached hydrogens (tertiary/aromatic N) is 1. The Hall–Kier alpha value is -1.28. The van der Waals surface area contributed by atoms with E-state index < -0.39 is 5.60 Å². The van der Waals surface area contributed by atoms with Crippen LogP contribution in [0.3, 0.4) is 0 Å². The molecule has 0 aromatic rings.